The predicted octanol–water partition coefficient (Wildman–Crippen LogP) is 16.2. The highest BCUT2D eigenvalue weighted by Gasteiger charge is 2.21. The van der Waals surface area contributed by atoms with Gasteiger partial charge in [0, 0.05) is 44.4 Å². The van der Waals surface area contributed by atoms with Crippen molar-refractivity contribution in [1.29, 1.82) is 0 Å². The van der Waals surface area contributed by atoms with Gasteiger partial charge >= 0.3 is 5.97 Å². The van der Waals surface area contributed by atoms with E-state index in [4.69, 9.17) is 4.99 Å². The maximum absolute atomic E-state index is 11.4. The van der Waals surface area contributed by atoms with E-state index in [2.05, 4.69) is 93.5 Å². The maximum atomic E-state index is 11.4. The van der Waals surface area contributed by atoms with Crippen LogP contribution in [0.25, 0.3) is 54.8 Å². The Kier molecular flexibility index (Phi) is 13.2. The van der Waals surface area contributed by atoms with Crippen molar-refractivity contribution in [3.8, 4) is 29.9 Å². The zero-order valence-corrected chi connectivity index (χ0v) is 36.4. The van der Waals surface area contributed by atoms with E-state index in [9.17, 15) is 14.8 Å². The summed E-state index contributed by atoms with van der Waals surface area (Å²) < 4.78 is 4.70. The number of aryl methyl sites for hydroxylation is 3. The van der Waals surface area contributed by atoms with Gasteiger partial charge in [0.2, 0.25) is 0 Å². The summed E-state index contributed by atoms with van der Waals surface area (Å²) in [6.07, 6.45) is 13.4. The molecule has 56 heavy (non-hydrogen) atoms. The number of aliphatic carboxylic acids is 1. The standard InChI is InChI=1S/C46H46N2O3S5/c1-5-7-9-11-16-32-24-39(56-42(32)31-21-19-30(20-22-31)29(4)47-35-18-14-13-15-28(35)3)43-33(17-12-10-8-6-2)23-37(54-43)38-27-41-45(55-38)44-40(53-41)26-34(52-44)25-36(48-51)46(49)50/h13-15,18-27H,5-12,16-17H2,1-4H3,(H,49,50)/b36-25-,47-29?. The highest BCUT2D eigenvalue weighted by Crippen LogP contribution is 2.50. The molecule has 0 amide bonds. The Bertz CT molecular complexity index is 2540. The number of nitroso groups, excluding NO2 is 1. The van der Waals surface area contributed by atoms with Gasteiger partial charge in [-0.1, -0.05) is 94.8 Å². The molecular formula is C46H46N2O3S5. The Labute approximate surface area is 349 Å². The van der Waals surface area contributed by atoms with E-state index in [0.717, 1.165) is 44.1 Å². The van der Waals surface area contributed by atoms with Crippen LogP contribution in [0.2, 0.25) is 0 Å². The first-order valence-corrected chi connectivity index (χ1v) is 23.6. The van der Waals surface area contributed by atoms with Crippen LogP contribution < -0.4 is 0 Å². The average molecular weight is 835 g/mol. The summed E-state index contributed by atoms with van der Waals surface area (Å²) in [6.45, 7) is 8.75. The van der Waals surface area contributed by atoms with Crippen molar-refractivity contribution in [2.24, 2.45) is 10.2 Å². The van der Waals surface area contributed by atoms with Crippen molar-refractivity contribution in [3.63, 3.8) is 0 Å². The average Bonchev–Trinajstić information content (AvgIpc) is 4.02. The monoisotopic (exact) mass is 834 g/mol. The third-order valence-electron chi connectivity index (χ3n) is 10.1. The fourth-order valence-corrected chi connectivity index (χ4v) is 13.6. The van der Waals surface area contributed by atoms with Crippen LogP contribution in [0.1, 0.15) is 99.3 Å². The number of aliphatic imine (C=N–C) groups is 1. The van der Waals surface area contributed by atoms with E-state index >= 15 is 0 Å². The molecule has 0 aliphatic heterocycles. The predicted molar refractivity (Wildman–Crippen MR) is 247 cm³/mol. The Morgan fingerprint density at radius 2 is 1.32 bits per heavy atom. The van der Waals surface area contributed by atoms with Crippen LogP contribution >= 0.6 is 56.7 Å². The normalized spacial score (nSPS) is 12.4. The van der Waals surface area contributed by atoms with Crippen LogP contribution in [-0.2, 0) is 17.6 Å². The number of carbonyl (C=O) groups is 1. The van der Waals surface area contributed by atoms with Crippen molar-refractivity contribution in [1.82, 2.24) is 0 Å². The molecule has 0 radical (unpaired) electrons. The molecule has 0 saturated heterocycles. The molecule has 1 N–H and O–H groups in total. The molecule has 0 aliphatic rings. The van der Waals surface area contributed by atoms with E-state index in [1.807, 2.05) is 46.1 Å². The van der Waals surface area contributed by atoms with Gasteiger partial charge in [-0.15, -0.1) is 61.6 Å². The Morgan fingerprint density at radius 3 is 2.00 bits per heavy atom. The molecule has 0 unspecified atom stereocenters. The fourth-order valence-electron chi connectivity index (χ4n) is 7.00. The van der Waals surface area contributed by atoms with Crippen LogP contribution in [0.3, 0.4) is 0 Å². The minimum absolute atomic E-state index is 0.476. The molecule has 0 saturated carbocycles. The summed E-state index contributed by atoms with van der Waals surface area (Å²) in [7, 11) is 0. The van der Waals surface area contributed by atoms with E-state index in [1.165, 1.54) is 125 Å². The van der Waals surface area contributed by atoms with Gasteiger partial charge in [-0.05, 0) is 109 Å². The van der Waals surface area contributed by atoms with Gasteiger partial charge in [0.1, 0.15) is 0 Å². The summed E-state index contributed by atoms with van der Waals surface area (Å²) in [6, 6.07) is 26.5. The molecule has 0 spiro atoms. The lowest BCUT2D eigenvalue weighted by molar-refractivity contribution is -0.132. The van der Waals surface area contributed by atoms with Gasteiger partial charge in [-0.2, -0.15) is 0 Å². The lowest BCUT2D eigenvalue weighted by atomic mass is 10.0. The zero-order chi connectivity index (χ0) is 39.2. The number of thiophene rings is 5. The van der Waals surface area contributed by atoms with E-state index in [1.54, 1.807) is 11.3 Å². The fraction of sp³-hybridized carbons (Fsp3) is 0.304. The van der Waals surface area contributed by atoms with E-state index in [0.29, 0.717) is 0 Å². The number of para-hydroxylation sites is 1. The third-order valence-corrected chi connectivity index (χ3v) is 16.6. The number of hydrogen-bond donors (Lipinski definition) is 1. The molecule has 5 aromatic heterocycles. The Morgan fingerprint density at radius 1 is 0.696 bits per heavy atom. The number of hydrogen-bond acceptors (Lipinski definition) is 9. The number of rotatable bonds is 18. The summed E-state index contributed by atoms with van der Waals surface area (Å²) in [5.74, 6) is -1.31. The molecule has 0 aliphatic carbocycles. The van der Waals surface area contributed by atoms with E-state index in [-0.39, 0.29) is 0 Å². The molecule has 0 fully saturated rings. The van der Waals surface area contributed by atoms with Crippen molar-refractivity contribution >= 4 is 98.9 Å². The summed E-state index contributed by atoms with van der Waals surface area (Å²) in [5, 5.41) is 12.0. The molecule has 5 nitrogen and oxygen atoms in total. The minimum Gasteiger partial charge on any atom is -0.476 e. The van der Waals surface area contributed by atoms with Crippen molar-refractivity contribution in [2.75, 3.05) is 0 Å². The summed E-state index contributed by atoms with van der Waals surface area (Å²) >= 11 is 8.91. The van der Waals surface area contributed by atoms with Crippen LogP contribution in [0.5, 0.6) is 0 Å². The number of benzene rings is 2. The molecule has 5 heterocycles. The number of fused-ring (bicyclic) bond motifs is 3. The molecule has 2 aromatic carbocycles. The molecule has 7 rings (SSSR count). The van der Waals surface area contributed by atoms with Gasteiger partial charge in [-0.25, -0.2) is 4.79 Å². The first-order chi connectivity index (χ1) is 27.3. The van der Waals surface area contributed by atoms with Crippen LogP contribution in [0, 0.1) is 11.8 Å². The zero-order valence-electron chi connectivity index (χ0n) is 32.3. The lowest BCUT2D eigenvalue weighted by Crippen LogP contribution is -1.95. The lowest BCUT2D eigenvalue weighted by Gasteiger charge is -2.07. The second-order valence-corrected chi connectivity index (χ2v) is 19.6. The highest BCUT2D eigenvalue weighted by atomic mass is 32.1. The first kappa shape index (κ1) is 40.1. The number of unbranched alkanes of at least 4 members (excludes halogenated alkanes) is 6. The Hall–Kier alpha value is -4.06. The summed E-state index contributed by atoms with van der Waals surface area (Å²) in [5.41, 5.74) is 8.04. The van der Waals surface area contributed by atoms with Gasteiger partial charge in [-0.3, -0.25) is 4.99 Å². The van der Waals surface area contributed by atoms with Gasteiger partial charge in [0.25, 0.3) is 0 Å². The summed E-state index contributed by atoms with van der Waals surface area (Å²) in [4.78, 5) is 34.9. The van der Waals surface area contributed by atoms with Crippen LogP contribution in [0.4, 0.5) is 5.69 Å². The minimum atomic E-state index is -1.31. The maximum Gasteiger partial charge on any atom is 0.358 e. The van der Waals surface area contributed by atoms with E-state index < -0.39 is 11.7 Å². The van der Waals surface area contributed by atoms with Crippen LogP contribution in [-0.4, -0.2) is 16.8 Å². The van der Waals surface area contributed by atoms with Gasteiger partial charge in [0.05, 0.1) is 15.1 Å². The number of carboxylic acids is 1. The van der Waals surface area contributed by atoms with Crippen molar-refractivity contribution in [2.45, 2.75) is 91.9 Å². The largest absolute Gasteiger partial charge is 0.476 e. The van der Waals surface area contributed by atoms with Gasteiger partial charge < -0.3 is 5.11 Å². The first-order valence-electron chi connectivity index (χ1n) is 19.5. The second-order valence-electron chi connectivity index (χ2n) is 14.3. The molecule has 7 aromatic rings. The van der Waals surface area contributed by atoms with Gasteiger partial charge in [0.15, 0.2) is 5.70 Å². The molecule has 288 valence electrons. The topological polar surface area (TPSA) is 79.1 Å². The smallest absolute Gasteiger partial charge is 0.358 e. The molecular weight excluding hydrogens is 789 g/mol. The SMILES string of the molecule is CCCCCCc1cc(-c2sc(-c3cc4sc5cc(/C=C(\N=O)C(=O)O)sc5c4s3)cc2CCCCCC)sc1-c1ccc(C(C)=Nc2ccccc2C)cc1. The third kappa shape index (κ3) is 9.05. The number of carboxylic acid groups (broad SMARTS) is 1. The quantitative estimate of drug-likeness (QED) is 0.0405. The highest BCUT2D eigenvalue weighted by molar-refractivity contribution is 7.40. The molecule has 0 bridgehead atoms. The van der Waals surface area contributed by atoms with Crippen molar-refractivity contribution in [3.05, 3.63) is 111 Å². The molecule has 0 atom stereocenters. The molecule has 10 heteroatoms. The van der Waals surface area contributed by atoms with Crippen molar-refractivity contribution < 1.29 is 9.90 Å². The Balaban J connectivity index is 1.24. The second kappa shape index (κ2) is 18.5. The number of nitrogens with zero attached hydrogens (tertiary/aromatic N) is 2. The van der Waals surface area contributed by atoms with Crippen LogP contribution in [0.15, 0.2) is 88.7 Å².